The van der Waals surface area contributed by atoms with Gasteiger partial charge >= 0.3 is 0 Å². The van der Waals surface area contributed by atoms with Crippen molar-refractivity contribution in [2.75, 3.05) is 13.1 Å². The van der Waals surface area contributed by atoms with E-state index in [0.29, 0.717) is 12.0 Å². The van der Waals surface area contributed by atoms with Gasteiger partial charge in [0.2, 0.25) is 0 Å². The summed E-state index contributed by atoms with van der Waals surface area (Å²) < 4.78 is 2.27. The van der Waals surface area contributed by atoms with Crippen molar-refractivity contribution >= 4 is 0 Å². The predicted octanol–water partition coefficient (Wildman–Crippen LogP) is 1.96. The summed E-state index contributed by atoms with van der Waals surface area (Å²) in [6, 6.07) is 10.8. The maximum atomic E-state index is 4.37. The second-order valence-corrected chi connectivity index (χ2v) is 5.35. The minimum atomic E-state index is 0.291. The predicted molar refractivity (Wildman–Crippen MR) is 75.1 cm³/mol. The zero-order valence-electron chi connectivity index (χ0n) is 11.5. The first-order valence-corrected chi connectivity index (χ1v) is 6.91. The third-order valence-electron chi connectivity index (χ3n) is 3.94. The minimum absolute atomic E-state index is 0.291. The molecule has 1 N–H and O–H groups in total. The molecule has 1 aliphatic heterocycles. The van der Waals surface area contributed by atoms with Gasteiger partial charge in [-0.1, -0.05) is 30.3 Å². The molecule has 1 atom stereocenters. The highest BCUT2D eigenvalue weighted by Gasteiger charge is 2.23. The van der Waals surface area contributed by atoms with E-state index >= 15 is 0 Å². The number of nitrogens with one attached hydrogen (secondary N) is 1. The molecule has 0 amide bonds. The summed E-state index contributed by atoms with van der Waals surface area (Å²) in [4.78, 5) is 0. The highest BCUT2D eigenvalue weighted by atomic mass is 15.3. The Morgan fingerprint density at radius 3 is 2.63 bits per heavy atom. The van der Waals surface area contributed by atoms with Gasteiger partial charge in [-0.05, 0) is 38.4 Å². The van der Waals surface area contributed by atoms with Crippen molar-refractivity contribution in [3.63, 3.8) is 0 Å². The Hall–Kier alpha value is -1.68. The van der Waals surface area contributed by atoms with Gasteiger partial charge in [-0.15, -0.1) is 10.2 Å². The molecule has 1 fully saturated rings. The molecule has 4 heteroatoms. The molecular formula is C15H20N4. The summed E-state index contributed by atoms with van der Waals surface area (Å²) in [5.74, 6) is 2.82. The van der Waals surface area contributed by atoms with Crippen LogP contribution in [0.1, 0.15) is 30.2 Å². The molecule has 0 saturated carbocycles. The van der Waals surface area contributed by atoms with Crippen LogP contribution in [-0.4, -0.2) is 27.9 Å². The van der Waals surface area contributed by atoms with Crippen molar-refractivity contribution in [3.05, 3.63) is 47.5 Å². The molecule has 2 heterocycles. The highest BCUT2D eigenvalue weighted by Crippen LogP contribution is 2.22. The Labute approximate surface area is 113 Å². The van der Waals surface area contributed by atoms with Crippen LogP contribution < -0.4 is 5.32 Å². The molecule has 19 heavy (non-hydrogen) atoms. The average Bonchev–Trinajstić information content (AvgIpc) is 2.75. The fraction of sp³-hybridized carbons (Fsp3) is 0.467. The fourth-order valence-corrected chi connectivity index (χ4v) is 2.69. The van der Waals surface area contributed by atoms with Crippen LogP contribution >= 0.6 is 0 Å². The molecule has 3 rings (SSSR count). The van der Waals surface area contributed by atoms with Crippen molar-refractivity contribution in [3.8, 4) is 0 Å². The zero-order chi connectivity index (χ0) is 13.2. The Bertz CT molecular complexity index is 543. The summed E-state index contributed by atoms with van der Waals surface area (Å²) in [6.45, 7) is 6.46. The van der Waals surface area contributed by atoms with Gasteiger partial charge in [0, 0.05) is 6.42 Å². The first kappa shape index (κ1) is 12.4. The minimum Gasteiger partial charge on any atom is -0.316 e. The molecule has 0 bridgehead atoms. The Balaban J connectivity index is 1.88. The smallest absolute Gasteiger partial charge is 0.133 e. The summed E-state index contributed by atoms with van der Waals surface area (Å²) >= 11 is 0. The molecule has 0 aliphatic carbocycles. The lowest BCUT2D eigenvalue weighted by atomic mass is 9.98. The molecule has 1 aliphatic rings. The second-order valence-electron chi connectivity index (χ2n) is 5.35. The van der Waals surface area contributed by atoms with Crippen molar-refractivity contribution in [1.82, 2.24) is 20.1 Å². The lowest BCUT2D eigenvalue weighted by Gasteiger charge is -2.27. The molecule has 0 spiro atoms. The van der Waals surface area contributed by atoms with Crippen molar-refractivity contribution < 1.29 is 0 Å². The van der Waals surface area contributed by atoms with Gasteiger partial charge in [0.1, 0.15) is 11.6 Å². The Kier molecular flexibility index (Phi) is 3.34. The van der Waals surface area contributed by atoms with Crippen LogP contribution in [0.3, 0.4) is 0 Å². The van der Waals surface area contributed by atoms with Gasteiger partial charge in [-0.3, -0.25) is 0 Å². The van der Waals surface area contributed by atoms with Crippen LogP contribution in [0.25, 0.3) is 0 Å². The van der Waals surface area contributed by atoms with E-state index in [1.54, 1.807) is 0 Å². The number of hydrogen-bond acceptors (Lipinski definition) is 3. The van der Waals surface area contributed by atoms with Gasteiger partial charge in [-0.25, -0.2) is 0 Å². The Morgan fingerprint density at radius 2 is 2.00 bits per heavy atom. The van der Waals surface area contributed by atoms with Crippen LogP contribution in [-0.2, 0) is 6.42 Å². The largest absolute Gasteiger partial charge is 0.316 e. The van der Waals surface area contributed by atoms with Crippen LogP contribution in [0, 0.1) is 12.8 Å². The van der Waals surface area contributed by atoms with Crippen LogP contribution in [0.5, 0.6) is 0 Å². The van der Waals surface area contributed by atoms with Crippen LogP contribution in [0.15, 0.2) is 30.3 Å². The van der Waals surface area contributed by atoms with E-state index in [2.05, 4.69) is 57.3 Å². The fourth-order valence-electron chi connectivity index (χ4n) is 2.69. The monoisotopic (exact) mass is 256 g/mol. The van der Waals surface area contributed by atoms with E-state index in [9.17, 15) is 0 Å². The van der Waals surface area contributed by atoms with Gasteiger partial charge in [0.15, 0.2) is 0 Å². The molecule has 1 saturated heterocycles. The topological polar surface area (TPSA) is 42.7 Å². The highest BCUT2D eigenvalue weighted by molar-refractivity contribution is 5.20. The Morgan fingerprint density at radius 1 is 1.26 bits per heavy atom. The van der Waals surface area contributed by atoms with E-state index < -0.39 is 0 Å². The van der Waals surface area contributed by atoms with E-state index in [0.717, 1.165) is 31.2 Å². The number of hydrogen-bond donors (Lipinski definition) is 1. The van der Waals surface area contributed by atoms with Gasteiger partial charge in [0.25, 0.3) is 0 Å². The maximum Gasteiger partial charge on any atom is 0.133 e. The van der Waals surface area contributed by atoms with E-state index in [1.165, 1.54) is 5.56 Å². The summed E-state index contributed by atoms with van der Waals surface area (Å²) in [5, 5.41) is 11.9. The number of aryl methyl sites for hydroxylation is 1. The first-order chi connectivity index (χ1) is 9.25. The van der Waals surface area contributed by atoms with E-state index in [4.69, 9.17) is 0 Å². The quantitative estimate of drug-likeness (QED) is 0.909. The van der Waals surface area contributed by atoms with Gasteiger partial charge < -0.3 is 9.88 Å². The number of rotatable bonds is 4. The molecule has 4 nitrogen and oxygen atoms in total. The molecule has 100 valence electrons. The number of benzene rings is 1. The summed E-state index contributed by atoms with van der Waals surface area (Å²) in [6.07, 6.45) is 1.02. The molecular weight excluding hydrogens is 236 g/mol. The zero-order valence-corrected chi connectivity index (χ0v) is 11.5. The second kappa shape index (κ2) is 5.13. The molecule has 1 aromatic carbocycles. The first-order valence-electron chi connectivity index (χ1n) is 6.91. The average molecular weight is 256 g/mol. The third-order valence-corrected chi connectivity index (χ3v) is 3.94. The molecule has 1 aromatic heterocycles. The normalized spacial score (nSPS) is 17.2. The number of nitrogens with zero attached hydrogens (tertiary/aromatic N) is 3. The lowest BCUT2D eigenvalue weighted by molar-refractivity contribution is 0.335. The van der Waals surface area contributed by atoms with E-state index in [1.807, 2.05) is 6.92 Å². The lowest BCUT2D eigenvalue weighted by Crippen LogP contribution is -2.43. The third kappa shape index (κ3) is 2.40. The van der Waals surface area contributed by atoms with Crippen LogP contribution in [0.2, 0.25) is 0 Å². The van der Waals surface area contributed by atoms with Crippen LogP contribution in [0.4, 0.5) is 0 Å². The molecule has 0 radical (unpaired) electrons. The molecule has 1 unspecified atom stereocenters. The van der Waals surface area contributed by atoms with Gasteiger partial charge in [-0.2, -0.15) is 0 Å². The SMILES string of the molecule is Cc1nnc(CC2CNC2)n1C(C)c1ccccc1. The summed E-state index contributed by atoms with van der Waals surface area (Å²) in [5.41, 5.74) is 1.30. The standard InChI is InChI=1S/C15H20N4/c1-11(14-6-4-3-5-7-14)19-12(2)17-18-15(19)8-13-9-16-10-13/h3-7,11,13,16H,8-10H2,1-2H3. The molecule has 2 aromatic rings. The number of aromatic nitrogens is 3. The van der Waals surface area contributed by atoms with E-state index in [-0.39, 0.29) is 0 Å². The maximum absolute atomic E-state index is 4.37. The van der Waals surface area contributed by atoms with Gasteiger partial charge in [0.05, 0.1) is 6.04 Å². The summed E-state index contributed by atoms with van der Waals surface area (Å²) in [7, 11) is 0. The van der Waals surface area contributed by atoms with Crippen molar-refractivity contribution in [2.45, 2.75) is 26.3 Å². The van der Waals surface area contributed by atoms with Crippen molar-refractivity contribution in [1.29, 1.82) is 0 Å². The van der Waals surface area contributed by atoms with Crippen molar-refractivity contribution in [2.24, 2.45) is 5.92 Å².